The second-order valence-corrected chi connectivity index (χ2v) is 5.08. The first kappa shape index (κ1) is 14.2. The number of rotatable bonds is 3. The summed E-state index contributed by atoms with van der Waals surface area (Å²) < 4.78 is 0. The van der Waals surface area contributed by atoms with Gasteiger partial charge in [-0.1, -0.05) is 17.7 Å². The standard InChI is InChI=1S/C15H15ClN4/c1-10-4-5-12(8-13(10)20(2)3)18-15-7-11(9-17)6-14(16)19-15/h4-8H,1-3H3,(H,18,19). The van der Waals surface area contributed by atoms with Crippen LogP contribution in [0, 0.1) is 18.3 Å². The lowest BCUT2D eigenvalue weighted by Gasteiger charge is -2.17. The zero-order valence-corrected chi connectivity index (χ0v) is 12.4. The van der Waals surface area contributed by atoms with Gasteiger partial charge >= 0.3 is 0 Å². The quantitative estimate of drug-likeness (QED) is 0.874. The number of benzene rings is 1. The highest BCUT2D eigenvalue weighted by atomic mass is 35.5. The number of nitrogens with one attached hydrogen (secondary N) is 1. The second kappa shape index (κ2) is 5.81. The maximum absolute atomic E-state index is 8.93. The fourth-order valence-corrected chi connectivity index (χ4v) is 2.15. The molecule has 2 aromatic rings. The molecule has 0 aliphatic carbocycles. The summed E-state index contributed by atoms with van der Waals surface area (Å²) in [5, 5.41) is 12.4. The van der Waals surface area contributed by atoms with Gasteiger partial charge in [0.15, 0.2) is 0 Å². The monoisotopic (exact) mass is 286 g/mol. The fraction of sp³-hybridized carbons (Fsp3) is 0.200. The molecule has 102 valence electrons. The molecule has 0 unspecified atom stereocenters. The fourth-order valence-electron chi connectivity index (χ4n) is 1.94. The van der Waals surface area contributed by atoms with Crippen molar-refractivity contribution >= 4 is 28.8 Å². The van der Waals surface area contributed by atoms with Gasteiger partial charge in [-0.2, -0.15) is 5.26 Å². The Kier molecular flexibility index (Phi) is 4.11. The predicted octanol–water partition coefficient (Wildman–Crippen LogP) is 3.72. The van der Waals surface area contributed by atoms with Crippen LogP contribution in [0.4, 0.5) is 17.2 Å². The van der Waals surface area contributed by atoms with Crippen LogP contribution in [0.3, 0.4) is 0 Å². The van der Waals surface area contributed by atoms with Gasteiger partial charge in [-0.25, -0.2) is 4.98 Å². The molecule has 0 amide bonds. The minimum absolute atomic E-state index is 0.298. The highest BCUT2D eigenvalue weighted by Crippen LogP contribution is 2.25. The molecular formula is C15H15ClN4. The van der Waals surface area contributed by atoms with Crippen molar-refractivity contribution in [2.45, 2.75) is 6.92 Å². The molecule has 0 fully saturated rings. The number of aryl methyl sites for hydroxylation is 1. The normalized spacial score (nSPS) is 9.95. The van der Waals surface area contributed by atoms with Crippen molar-refractivity contribution in [3.8, 4) is 6.07 Å². The van der Waals surface area contributed by atoms with Gasteiger partial charge in [0.1, 0.15) is 11.0 Å². The Morgan fingerprint density at radius 3 is 2.65 bits per heavy atom. The van der Waals surface area contributed by atoms with Crippen molar-refractivity contribution < 1.29 is 0 Å². The summed E-state index contributed by atoms with van der Waals surface area (Å²) in [5.74, 6) is 0.558. The number of nitriles is 1. The van der Waals surface area contributed by atoms with Crippen LogP contribution in [-0.2, 0) is 0 Å². The van der Waals surface area contributed by atoms with Crippen molar-refractivity contribution in [1.82, 2.24) is 4.98 Å². The van der Waals surface area contributed by atoms with Crippen LogP contribution in [0.15, 0.2) is 30.3 Å². The largest absolute Gasteiger partial charge is 0.377 e. The lowest BCUT2D eigenvalue weighted by molar-refractivity contribution is 1.11. The van der Waals surface area contributed by atoms with Crippen molar-refractivity contribution in [2.75, 3.05) is 24.3 Å². The Bertz CT molecular complexity index is 674. The maximum Gasteiger partial charge on any atom is 0.133 e. The summed E-state index contributed by atoms with van der Waals surface area (Å²) in [6.45, 7) is 2.06. The summed E-state index contributed by atoms with van der Waals surface area (Å²) in [7, 11) is 4.00. The van der Waals surface area contributed by atoms with Gasteiger partial charge in [0.2, 0.25) is 0 Å². The Hall–Kier alpha value is -2.25. The van der Waals surface area contributed by atoms with E-state index in [1.807, 2.05) is 37.2 Å². The molecule has 1 aromatic carbocycles. The molecule has 0 atom stereocenters. The van der Waals surface area contributed by atoms with E-state index in [0.717, 1.165) is 11.4 Å². The van der Waals surface area contributed by atoms with Crippen molar-refractivity contribution in [2.24, 2.45) is 0 Å². The lowest BCUT2D eigenvalue weighted by atomic mass is 10.1. The van der Waals surface area contributed by atoms with Gasteiger partial charge in [-0.3, -0.25) is 0 Å². The van der Waals surface area contributed by atoms with Crippen LogP contribution in [-0.4, -0.2) is 19.1 Å². The van der Waals surface area contributed by atoms with Gasteiger partial charge in [-0.05, 0) is 36.8 Å². The van der Waals surface area contributed by atoms with Crippen LogP contribution in [0.5, 0.6) is 0 Å². The molecule has 0 saturated carbocycles. The molecule has 0 spiro atoms. The van der Waals surface area contributed by atoms with Crippen molar-refractivity contribution in [1.29, 1.82) is 5.26 Å². The Labute approximate surface area is 123 Å². The lowest BCUT2D eigenvalue weighted by Crippen LogP contribution is -2.10. The van der Waals surface area contributed by atoms with Gasteiger partial charge < -0.3 is 10.2 Å². The second-order valence-electron chi connectivity index (χ2n) is 4.70. The predicted molar refractivity (Wildman–Crippen MR) is 82.8 cm³/mol. The maximum atomic E-state index is 8.93. The van der Waals surface area contributed by atoms with Crippen LogP contribution in [0.25, 0.3) is 0 Å². The molecule has 2 rings (SSSR count). The van der Waals surface area contributed by atoms with E-state index in [4.69, 9.17) is 16.9 Å². The summed E-state index contributed by atoms with van der Waals surface area (Å²) in [5.41, 5.74) is 3.69. The minimum atomic E-state index is 0.298. The molecule has 0 radical (unpaired) electrons. The van der Waals surface area contributed by atoms with E-state index < -0.39 is 0 Å². The SMILES string of the molecule is Cc1ccc(Nc2cc(C#N)cc(Cl)n2)cc1N(C)C. The van der Waals surface area contributed by atoms with E-state index in [1.165, 1.54) is 11.6 Å². The van der Waals surface area contributed by atoms with E-state index in [1.54, 1.807) is 6.07 Å². The molecule has 0 bridgehead atoms. The minimum Gasteiger partial charge on any atom is -0.377 e. The molecule has 1 aromatic heterocycles. The van der Waals surface area contributed by atoms with Gasteiger partial charge in [0.05, 0.1) is 11.6 Å². The molecule has 1 N–H and O–H groups in total. The summed E-state index contributed by atoms with van der Waals surface area (Å²) in [4.78, 5) is 6.21. The van der Waals surface area contributed by atoms with Gasteiger partial charge in [-0.15, -0.1) is 0 Å². The molecule has 1 heterocycles. The van der Waals surface area contributed by atoms with Crippen molar-refractivity contribution in [3.63, 3.8) is 0 Å². The van der Waals surface area contributed by atoms with Gasteiger partial charge in [0, 0.05) is 25.5 Å². The highest BCUT2D eigenvalue weighted by Gasteiger charge is 2.05. The third-order valence-corrected chi connectivity index (χ3v) is 3.08. The van der Waals surface area contributed by atoms with Crippen LogP contribution in [0.2, 0.25) is 5.15 Å². The van der Waals surface area contributed by atoms with Crippen LogP contribution in [0.1, 0.15) is 11.1 Å². The molecule has 0 aliphatic heterocycles. The van der Waals surface area contributed by atoms with E-state index in [9.17, 15) is 0 Å². The van der Waals surface area contributed by atoms with Crippen LogP contribution >= 0.6 is 11.6 Å². The number of nitrogens with zero attached hydrogens (tertiary/aromatic N) is 3. The van der Waals surface area contributed by atoms with E-state index in [0.29, 0.717) is 16.5 Å². The number of pyridine rings is 1. The highest BCUT2D eigenvalue weighted by molar-refractivity contribution is 6.29. The zero-order chi connectivity index (χ0) is 14.7. The third-order valence-electron chi connectivity index (χ3n) is 2.89. The Morgan fingerprint density at radius 2 is 2.00 bits per heavy atom. The Morgan fingerprint density at radius 1 is 1.25 bits per heavy atom. The first-order valence-electron chi connectivity index (χ1n) is 6.12. The average Bonchev–Trinajstić information content (AvgIpc) is 2.40. The number of hydrogen-bond acceptors (Lipinski definition) is 4. The molecular weight excluding hydrogens is 272 g/mol. The average molecular weight is 287 g/mol. The Balaban J connectivity index is 2.33. The number of halogens is 1. The first-order valence-corrected chi connectivity index (χ1v) is 6.50. The summed E-state index contributed by atoms with van der Waals surface area (Å²) in [6, 6.07) is 11.3. The zero-order valence-electron chi connectivity index (χ0n) is 11.6. The van der Waals surface area contributed by atoms with E-state index >= 15 is 0 Å². The molecule has 0 aliphatic rings. The smallest absolute Gasteiger partial charge is 0.133 e. The summed E-state index contributed by atoms with van der Waals surface area (Å²) in [6.07, 6.45) is 0. The summed E-state index contributed by atoms with van der Waals surface area (Å²) >= 11 is 5.89. The molecule has 4 nitrogen and oxygen atoms in total. The van der Waals surface area contributed by atoms with Crippen LogP contribution < -0.4 is 10.2 Å². The number of anilines is 3. The van der Waals surface area contributed by atoms with E-state index in [-0.39, 0.29) is 0 Å². The number of hydrogen-bond donors (Lipinski definition) is 1. The van der Waals surface area contributed by atoms with Crippen molar-refractivity contribution in [3.05, 3.63) is 46.6 Å². The molecule has 20 heavy (non-hydrogen) atoms. The third kappa shape index (κ3) is 3.19. The van der Waals surface area contributed by atoms with E-state index in [2.05, 4.69) is 23.3 Å². The molecule has 5 heteroatoms. The first-order chi connectivity index (χ1) is 9.49. The molecule has 0 saturated heterocycles. The van der Waals surface area contributed by atoms with Gasteiger partial charge in [0.25, 0.3) is 0 Å². The number of aromatic nitrogens is 1. The topological polar surface area (TPSA) is 52.0 Å².